The van der Waals surface area contributed by atoms with Gasteiger partial charge in [-0.1, -0.05) is 48.5 Å². The SMILES string of the molecule is O=C(/C=C/c1ccccc1)NCc1cc2ccccc2o1. The van der Waals surface area contributed by atoms with Gasteiger partial charge in [0.15, 0.2) is 0 Å². The van der Waals surface area contributed by atoms with Crippen molar-refractivity contribution >= 4 is 23.0 Å². The monoisotopic (exact) mass is 277 g/mol. The Balaban J connectivity index is 1.59. The largest absolute Gasteiger partial charge is 0.459 e. The van der Waals surface area contributed by atoms with Crippen molar-refractivity contribution in [2.75, 3.05) is 0 Å². The average molecular weight is 277 g/mol. The van der Waals surface area contributed by atoms with Gasteiger partial charge in [-0.15, -0.1) is 0 Å². The molecule has 0 unspecified atom stereocenters. The predicted molar refractivity (Wildman–Crippen MR) is 83.5 cm³/mol. The molecule has 3 heteroatoms. The zero-order valence-corrected chi connectivity index (χ0v) is 11.5. The Morgan fingerprint density at radius 1 is 1.05 bits per heavy atom. The van der Waals surface area contributed by atoms with Crippen LogP contribution in [0.4, 0.5) is 0 Å². The van der Waals surface area contributed by atoms with E-state index in [1.54, 1.807) is 6.08 Å². The summed E-state index contributed by atoms with van der Waals surface area (Å²) in [5.74, 6) is 0.608. The number of nitrogens with one attached hydrogen (secondary N) is 1. The van der Waals surface area contributed by atoms with Crippen LogP contribution in [0.2, 0.25) is 0 Å². The van der Waals surface area contributed by atoms with E-state index in [4.69, 9.17) is 4.42 Å². The summed E-state index contributed by atoms with van der Waals surface area (Å²) in [6.45, 7) is 0.382. The fourth-order valence-electron chi connectivity index (χ4n) is 2.09. The molecule has 3 aromatic rings. The highest BCUT2D eigenvalue weighted by atomic mass is 16.3. The molecule has 0 fully saturated rings. The van der Waals surface area contributed by atoms with Crippen LogP contribution >= 0.6 is 0 Å². The second-order valence-electron chi connectivity index (χ2n) is 4.71. The first-order valence-corrected chi connectivity index (χ1v) is 6.80. The number of para-hydroxylation sites is 1. The lowest BCUT2D eigenvalue weighted by Crippen LogP contribution is -2.19. The van der Waals surface area contributed by atoms with Crippen LogP contribution in [0.1, 0.15) is 11.3 Å². The van der Waals surface area contributed by atoms with Gasteiger partial charge in [0.2, 0.25) is 5.91 Å². The lowest BCUT2D eigenvalue weighted by Gasteiger charge is -1.98. The van der Waals surface area contributed by atoms with Gasteiger partial charge in [0.25, 0.3) is 0 Å². The number of rotatable bonds is 4. The van der Waals surface area contributed by atoms with Crippen molar-refractivity contribution in [3.8, 4) is 0 Å². The molecule has 104 valence electrons. The molecule has 0 radical (unpaired) electrons. The van der Waals surface area contributed by atoms with Crippen LogP contribution < -0.4 is 5.32 Å². The van der Waals surface area contributed by atoms with E-state index in [9.17, 15) is 4.79 Å². The van der Waals surface area contributed by atoms with Crippen molar-refractivity contribution in [3.05, 3.63) is 78.1 Å². The van der Waals surface area contributed by atoms with Gasteiger partial charge in [-0.2, -0.15) is 0 Å². The zero-order valence-electron chi connectivity index (χ0n) is 11.5. The van der Waals surface area contributed by atoms with Gasteiger partial charge in [-0.3, -0.25) is 4.79 Å². The van der Waals surface area contributed by atoms with Gasteiger partial charge in [0.1, 0.15) is 11.3 Å². The molecule has 3 nitrogen and oxygen atoms in total. The Labute approximate surface area is 122 Å². The molecule has 0 saturated heterocycles. The molecular formula is C18H15NO2. The maximum Gasteiger partial charge on any atom is 0.244 e. The molecule has 0 saturated carbocycles. The third-order valence-corrected chi connectivity index (χ3v) is 3.14. The minimum absolute atomic E-state index is 0.140. The molecule has 1 aromatic heterocycles. The maximum absolute atomic E-state index is 11.8. The summed E-state index contributed by atoms with van der Waals surface area (Å²) < 4.78 is 5.64. The van der Waals surface area contributed by atoms with E-state index in [0.717, 1.165) is 22.3 Å². The van der Waals surface area contributed by atoms with Crippen LogP contribution in [0.5, 0.6) is 0 Å². The fraction of sp³-hybridized carbons (Fsp3) is 0.0556. The first-order chi connectivity index (χ1) is 10.3. The molecule has 0 aliphatic carbocycles. The number of furan rings is 1. The highest BCUT2D eigenvalue weighted by Gasteiger charge is 2.03. The molecule has 2 aromatic carbocycles. The van der Waals surface area contributed by atoms with E-state index in [2.05, 4.69) is 5.32 Å². The van der Waals surface area contributed by atoms with Crippen molar-refractivity contribution in [1.82, 2.24) is 5.32 Å². The lowest BCUT2D eigenvalue weighted by molar-refractivity contribution is -0.116. The van der Waals surface area contributed by atoms with Crippen molar-refractivity contribution in [3.63, 3.8) is 0 Å². The molecule has 3 rings (SSSR count). The van der Waals surface area contributed by atoms with E-state index >= 15 is 0 Å². The van der Waals surface area contributed by atoms with Gasteiger partial charge in [-0.25, -0.2) is 0 Å². The topological polar surface area (TPSA) is 42.2 Å². The van der Waals surface area contributed by atoms with E-state index in [1.165, 1.54) is 6.08 Å². The molecule has 1 heterocycles. The van der Waals surface area contributed by atoms with E-state index in [0.29, 0.717) is 6.54 Å². The Bertz CT molecular complexity index is 739. The van der Waals surface area contributed by atoms with Crippen LogP contribution in [0.15, 0.2) is 71.2 Å². The molecular weight excluding hydrogens is 262 g/mol. The Hall–Kier alpha value is -2.81. The van der Waals surface area contributed by atoms with Crippen LogP contribution in [-0.2, 0) is 11.3 Å². The van der Waals surface area contributed by atoms with Crippen molar-refractivity contribution in [2.45, 2.75) is 6.54 Å². The van der Waals surface area contributed by atoms with Gasteiger partial charge < -0.3 is 9.73 Å². The van der Waals surface area contributed by atoms with E-state index < -0.39 is 0 Å². The number of hydrogen-bond donors (Lipinski definition) is 1. The average Bonchev–Trinajstić information content (AvgIpc) is 2.95. The third-order valence-electron chi connectivity index (χ3n) is 3.14. The number of carbonyl (C=O) groups is 1. The van der Waals surface area contributed by atoms with Gasteiger partial charge in [0.05, 0.1) is 6.54 Å². The van der Waals surface area contributed by atoms with Crippen LogP contribution in [-0.4, -0.2) is 5.91 Å². The summed E-state index contributed by atoms with van der Waals surface area (Å²) in [6, 6.07) is 19.4. The van der Waals surface area contributed by atoms with Crippen LogP contribution in [0.25, 0.3) is 17.0 Å². The Morgan fingerprint density at radius 3 is 2.62 bits per heavy atom. The predicted octanol–water partition coefficient (Wildman–Crippen LogP) is 3.76. The van der Waals surface area contributed by atoms with Gasteiger partial charge in [-0.05, 0) is 23.8 Å². The Morgan fingerprint density at radius 2 is 1.81 bits per heavy atom. The number of fused-ring (bicyclic) bond motifs is 1. The minimum atomic E-state index is -0.140. The summed E-state index contributed by atoms with van der Waals surface area (Å²) >= 11 is 0. The number of hydrogen-bond acceptors (Lipinski definition) is 2. The molecule has 0 aliphatic rings. The first-order valence-electron chi connectivity index (χ1n) is 6.80. The van der Waals surface area contributed by atoms with Crippen LogP contribution in [0.3, 0.4) is 0 Å². The number of carbonyl (C=O) groups excluding carboxylic acids is 1. The summed E-state index contributed by atoms with van der Waals surface area (Å²) in [5, 5.41) is 3.85. The van der Waals surface area contributed by atoms with E-state index in [-0.39, 0.29) is 5.91 Å². The normalized spacial score (nSPS) is 11.0. The standard InChI is InChI=1S/C18H15NO2/c20-18(11-10-14-6-2-1-3-7-14)19-13-16-12-15-8-4-5-9-17(15)21-16/h1-12H,13H2,(H,19,20)/b11-10+. The molecule has 0 bridgehead atoms. The van der Waals surface area contributed by atoms with Crippen molar-refractivity contribution in [2.24, 2.45) is 0 Å². The summed E-state index contributed by atoms with van der Waals surface area (Å²) in [4.78, 5) is 11.8. The van der Waals surface area contributed by atoms with Crippen LogP contribution in [0, 0.1) is 0 Å². The second kappa shape index (κ2) is 6.09. The molecule has 21 heavy (non-hydrogen) atoms. The summed E-state index contributed by atoms with van der Waals surface area (Å²) in [6.07, 6.45) is 3.31. The molecule has 1 amide bonds. The highest BCUT2D eigenvalue weighted by molar-refractivity contribution is 5.91. The number of amides is 1. The molecule has 0 aliphatic heterocycles. The second-order valence-corrected chi connectivity index (χ2v) is 4.71. The van der Waals surface area contributed by atoms with Gasteiger partial charge >= 0.3 is 0 Å². The number of benzene rings is 2. The fourth-order valence-corrected chi connectivity index (χ4v) is 2.09. The summed E-state index contributed by atoms with van der Waals surface area (Å²) in [5.41, 5.74) is 1.83. The lowest BCUT2D eigenvalue weighted by atomic mass is 10.2. The molecule has 0 spiro atoms. The first kappa shape index (κ1) is 13.2. The minimum Gasteiger partial charge on any atom is -0.459 e. The Kier molecular flexibility index (Phi) is 3.83. The maximum atomic E-state index is 11.8. The smallest absolute Gasteiger partial charge is 0.244 e. The highest BCUT2D eigenvalue weighted by Crippen LogP contribution is 2.18. The quantitative estimate of drug-likeness (QED) is 0.738. The molecule has 0 atom stereocenters. The summed E-state index contributed by atoms with van der Waals surface area (Å²) in [7, 11) is 0. The van der Waals surface area contributed by atoms with Gasteiger partial charge in [0, 0.05) is 11.5 Å². The van der Waals surface area contributed by atoms with E-state index in [1.807, 2.05) is 60.7 Å². The zero-order chi connectivity index (χ0) is 14.5. The van der Waals surface area contributed by atoms with Crippen molar-refractivity contribution < 1.29 is 9.21 Å². The van der Waals surface area contributed by atoms with Crippen molar-refractivity contribution in [1.29, 1.82) is 0 Å². The molecule has 1 N–H and O–H groups in total. The third kappa shape index (κ3) is 3.39.